The molecule has 0 radical (unpaired) electrons. The van der Waals surface area contributed by atoms with E-state index in [1.165, 1.54) is 0 Å². The van der Waals surface area contributed by atoms with Crippen molar-refractivity contribution in [2.75, 3.05) is 13.2 Å². The summed E-state index contributed by atoms with van der Waals surface area (Å²) in [5.74, 6) is -0.588. The minimum Gasteiger partial charge on any atom is -0.462 e. The van der Waals surface area contributed by atoms with Gasteiger partial charge in [-0.05, 0) is 42.5 Å². The second-order valence-electron chi connectivity index (χ2n) is 5.27. The second kappa shape index (κ2) is 8.45. The lowest BCUT2D eigenvalue weighted by atomic mass is 9.97. The molecule has 0 N–H and O–H groups in total. The molecule has 0 amide bonds. The van der Waals surface area contributed by atoms with E-state index >= 15 is 0 Å². The fraction of sp³-hybridized carbons (Fsp3) is 0.529. The van der Waals surface area contributed by atoms with Gasteiger partial charge in [-0.15, -0.1) is 0 Å². The van der Waals surface area contributed by atoms with Crippen LogP contribution in [-0.2, 0) is 9.47 Å². The molecule has 116 valence electrons. The normalized spacial score (nSPS) is 10.5. The van der Waals surface area contributed by atoms with Gasteiger partial charge in [0.25, 0.3) is 0 Å². The first-order valence-corrected chi connectivity index (χ1v) is 7.48. The number of ether oxygens (including phenoxy) is 2. The number of carbonyl (C=O) groups is 2. The second-order valence-corrected chi connectivity index (χ2v) is 5.27. The van der Waals surface area contributed by atoms with Gasteiger partial charge in [-0.25, -0.2) is 9.59 Å². The number of hydrogen-bond acceptors (Lipinski definition) is 4. The first-order chi connectivity index (χ1) is 9.99. The lowest BCUT2D eigenvalue weighted by Gasteiger charge is -2.11. The summed E-state index contributed by atoms with van der Waals surface area (Å²) < 4.78 is 10.3. The Balaban J connectivity index is 3.05. The molecule has 0 saturated carbocycles. The van der Waals surface area contributed by atoms with E-state index in [-0.39, 0.29) is 5.92 Å². The van der Waals surface area contributed by atoms with Crippen LogP contribution in [0.4, 0.5) is 0 Å². The molecule has 0 unspecified atom stereocenters. The summed E-state index contributed by atoms with van der Waals surface area (Å²) in [5, 5.41) is 0. The maximum Gasteiger partial charge on any atom is 0.338 e. The molecule has 0 aliphatic heterocycles. The van der Waals surface area contributed by atoms with Gasteiger partial charge in [0, 0.05) is 0 Å². The number of esters is 2. The van der Waals surface area contributed by atoms with Crippen molar-refractivity contribution in [3.05, 3.63) is 34.9 Å². The van der Waals surface area contributed by atoms with Crippen molar-refractivity contribution >= 4 is 11.9 Å². The van der Waals surface area contributed by atoms with E-state index in [4.69, 9.17) is 9.47 Å². The first kappa shape index (κ1) is 17.2. The Kier molecular flexibility index (Phi) is 6.92. The summed E-state index contributed by atoms with van der Waals surface area (Å²) in [6.45, 7) is 8.65. The van der Waals surface area contributed by atoms with Crippen LogP contribution in [0.5, 0.6) is 0 Å². The summed E-state index contributed by atoms with van der Waals surface area (Å²) >= 11 is 0. The largest absolute Gasteiger partial charge is 0.462 e. The first-order valence-electron chi connectivity index (χ1n) is 7.48. The van der Waals surface area contributed by atoms with E-state index in [9.17, 15) is 9.59 Å². The van der Waals surface area contributed by atoms with Crippen LogP contribution >= 0.6 is 0 Å². The van der Waals surface area contributed by atoms with E-state index in [1.807, 2.05) is 27.7 Å². The third-order valence-corrected chi connectivity index (χ3v) is 2.97. The summed E-state index contributed by atoms with van der Waals surface area (Å²) in [6.07, 6.45) is 1.53. The molecule has 0 aromatic heterocycles. The summed E-state index contributed by atoms with van der Waals surface area (Å²) in [7, 11) is 0. The molecule has 0 aliphatic rings. The molecule has 0 aliphatic carbocycles. The number of benzene rings is 1. The number of hydrogen-bond donors (Lipinski definition) is 0. The third kappa shape index (κ3) is 5.21. The van der Waals surface area contributed by atoms with Gasteiger partial charge in [-0.1, -0.05) is 27.7 Å². The maximum absolute atomic E-state index is 12.0. The van der Waals surface area contributed by atoms with Gasteiger partial charge in [0.15, 0.2) is 0 Å². The molecule has 4 heteroatoms. The predicted octanol–water partition coefficient (Wildman–Crippen LogP) is 3.94. The SMILES string of the molecule is CCCOC(=O)c1cc(C(=O)OCCC)cc(C(C)C)c1. The molecular weight excluding hydrogens is 268 g/mol. The Morgan fingerprint density at radius 1 is 0.905 bits per heavy atom. The van der Waals surface area contributed by atoms with Crippen LogP contribution in [-0.4, -0.2) is 25.2 Å². The molecule has 1 aromatic carbocycles. The van der Waals surface area contributed by atoms with Gasteiger partial charge in [-0.2, -0.15) is 0 Å². The van der Waals surface area contributed by atoms with E-state index in [1.54, 1.807) is 18.2 Å². The Bertz CT molecular complexity index is 453. The third-order valence-electron chi connectivity index (χ3n) is 2.97. The zero-order valence-electron chi connectivity index (χ0n) is 13.3. The van der Waals surface area contributed by atoms with Gasteiger partial charge in [0.1, 0.15) is 0 Å². The highest BCUT2D eigenvalue weighted by Gasteiger charge is 2.16. The molecule has 1 rings (SSSR count). The average molecular weight is 292 g/mol. The molecule has 0 saturated heterocycles. The van der Waals surface area contributed by atoms with Crippen molar-refractivity contribution in [2.45, 2.75) is 46.5 Å². The molecule has 0 fully saturated rings. The highest BCUT2D eigenvalue weighted by Crippen LogP contribution is 2.20. The standard InChI is InChI=1S/C17H24O4/c1-5-7-20-16(18)14-9-13(12(3)4)10-15(11-14)17(19)21-8-6-2/h9-12H,5-8H2,1-4H3. The average Bonchev–Trinajstić information content (AvgIpc) is 2.49. The van der Waals surface area contributed by atoms with Gasteiger partial charge < -0.3 is 9.47 Å². The smallest absolute Gasteiger partial charge is 0.338 e. The van der Waals surface area contributed by atoms with Gasteiger partial charge in [0.05, 0.1) is 24.3 Å². The van der Waals surface area contributed by atoms with Crippen LogP contribution in [0.1, 0.15) is 72.7 Å². The maximum atomic E-state index is 12.0. The van der Waals surface area contributed by atoms with Crippen LogP contribution < -0.4 is 0 Å². The molecular formula is C17H24O4. The fourth-order valence-electron chi connectivity index (χ4n) is 1.78. The quantitative estimate of drug-likeness (QED) is 0.714. The number of rotatable bonds is 7. The van der Waals surface area contributed by atoms with Crippen LogP contribution in [0.25, 0.3) is 0 Å². The molecule has 0 heterocycles. The minimum atomic E-state index is -0.399. The van der Waals surface area contributed by atoms with E-state index < -0.39 is 11.9 Å². The summed E-state index contributed by atoms with van der Waals surface area (Å²) in [5.41, 5.74) is 1.72. The summed E-state index contributed by atoms with van der Waals surface area (Å²) in [6, 6.07) is 5.10. The molecule has 4 nitrogen and oxygen atoms in total. The zero-order valence-corrected chi connectivity index (χ0v) is 13.3. The van der Waals surface area contributed by atoms with Gasteiger partial charge in [0.2, 0.25) is 0 Å². The molecule has 0 spiro atoms. The van der Waals surface area contributed by atoms with Crippen molar-refractivity contribution in [1.82, 2.24) is 0 Å². The molecule has 1 aromatic rings. The van der Waals surface area contributed by atoms with Crippen molar-refractivity contribution in [1.29, 1.82) is 0 Å². The molecule has 21 heavy (non-hydrogen) atoms. The monoisotopic (exact) mass is 292 g/mol. The van der Waals surface area contributed by atoms with Crippen LogP contribution in [0, 0.1) is 0 Å². The lowest BCUT2D eigenvalue weighted by Crippen LogP contribution is -2.11. The van der Waals surface area contributed by atoms with E-state index in [2.05, 4.69) is 0 Å². The van der Waals surface area contributed by atoms with Crippen LogP contribution in [0.2, 0.25) is 0 Å². The summed E-state index contributed by atoms with van der Waals surface area (Å²) in [4.78, 5) is 24.0. The van der Waals surface area contributed by atoms with Crippen molar-refractivity contribution in [3.8, 4) is 0 Å². The van der Waals surface area contributed by atoms with Crippen molar-refractivity contribution < 1.29 is 19.1 Å². The topological polar surface area (TPSA) is 52.6 Å². The molecule has 0 bridgehead atoms. The Morgan fingerprint density at radius 2 is 1.33 bits per heavy atom. The van der Waals surface area contributed by atoms with Crippen molar-refractivity contribution in [2.24, 2.45) is 0 Å². The zero-order chi connectivity index (χ0) is 15.8. The highest BCUT2D eigenvalue weighted by molar-refractivity contribution is 5.95. The van der Waals surface area contributed by atoms with E-state index in [0.29, 0.717) is 24.3 Å². The Labute approximate surface area is 126 Å². The predicted molar refractivity (Wildman–Crippen MR) is 81.7 cm³/mol. The fourth-order valence-corrected chi connectivity index (χ4v) is 1.78. The lowest BCUT2D eigenvalue weighted by molar-refractivity contribution is 0.0503. The van der Waals surface area contributed by atoms with Gasteiger partial charge >= 0.3 is 11.9 Å². The Morgan fingerprint density at radius 3 is 1.67 bits per heavy atom. The number of carbonyl (C=O) groups excluding carboxylic acids is 2. The highest BCUT2D eigenvalue weighted by atomic mass is 16.5. The molecule has 0 atom stereocenters. The van der Waals surface area contributed by atoms with Gasteiger partial charge in [-0.3, -0.25) is 0 Å². The Hall–Kier alpha value is -1.84. The van der Waals surface area contributed by atoms with Crippen LogP contribution in [0.3, 0.4) is 0 Å². The van der Waals surface area contributed by atoms with Crippen molar-refractivity contribution in [3.63, 3.8) is 0 Å². The van der Waals surface area contributed by atoms with E-state index in [0.717, 1.165) is 18.4 Å². The van der Waals surface area contributed by atoms with Crippen LogP contribution in [0.15, 0.2) is 18.2 Å². The minimum absolute atomic E-state index is 0.210.